The van der Waals surface area contributed by atoms with E-state index in [1.165, 1.54) is 11.3 Å². The third-order valence-electron chi connectivity index (χ3n) is 4.17. The van der Waals surface area contributed by atoms with Crippen molar-refractivity contribution >= 4 is 11.6 Å². The summed E-state index contributed by atoms with van der Waals surface area (Å²) in [5, 5.41) is 3.19. The van der Waals surface area contributed by atoms with Gasteiger partial charge < -0.3 is 10.2 Å². The maximum absolute atomic E-state index is 12.5. The van der Waals surface area contributed by atoms with Crippen LogP contribution in [-0.4, -0.2) is 19.5 Å². The fourth-order valence-corrected chi connectivity index (χ4v) is 2.94. The predicted molar refractivity (Wildman–Crippen MR) is 85.7 cm³/mol. The molecule has 1 amide bonds. The summed E-state index contributed by atoms with van der Waals surface area (Å²) in [4.78, 5) is 14.7. The first-order valence-corrected chi connectivity index (χ1v) is 7.33. The SMILES string of the molecule is Cc1ccccc1C(=O)NC1CCN(C)c2ccccc21. The summed E-state index contributed by atoms with van der Waals surface area (Å²) in [5.41, 5.74) is 4.18. The van der Waals surface area contributed by atoms with Gasteiger partial charge in [-0.3, -0.25) is 4.79 Å². The summed E-state index contributed by atoms with van der Waals surface area (Å²) in [6.07, 6.45) is 0.936. The molecule has 0 radical (unpaired) electrons. The first-order chi connectivity index (χ1) is 10.2. The topological polar surface area (TPSA) is 32.3 Å². The molecule has 0 aromatic heterocycles. The Bertz CT molecular complexity index is 666. The lowest BCUT2D eigenvalue weighted by Gasteiger charge is -2.33. The molecule has 2 aromatic rings. The number of carbonyl (C=O) groups is 1. The van der Waals surface area contributed by atoms with Crippen LogP contribution in [0.5, 0.6) is 0 Å². The van der Waals surface area contributed by atoms with Gasteiger partial charge in [0, 0.05) is 24.8 Å². The Morgan fingerprint density at radius 3 is 2.67 bits per heavy atom. The molecule has 1 unspecified atom stereocenters. The zero-order valence-corrected chi connectivity index (χ0v) is 12.5. The van der Waals surface area contributed by atoms with Crippen LogP contribution in [0.2, 0.25) is 0 Å². The second-order valence-corrected chi connectivity index (χ2v) is 5.61. The number of para-hydroxylation sites is 1. The van der Waals surface area contributed by atoms with E-state index in [2.05, 4.69) is 29.4 Å². The number of benzene rings is 2. The van der Waals surface area contributed by atoms with Crippen molar-refractivity contribution in [1.82, 2.24) is 5.32 Å². The molecule has 1 atom stereocenters. The Labute approximate surface area is 125 Å². The van der Waals surface area contributed by atoms with E-state index >= 15 is 0 Å². The number of fused-ring (bicyclic) bond motifs is 1. The van der Waals surface area contributed by atoms with E-state index in [9.17, 15) is 4.79 Å². The Morgan fingerprint density at radius 2 is 1.86 bits per heavy atom. The molecule has 21 heavy (non-hydrogen) atoms. The lowest BCUT2D eigenvalue weighted by molar-refractivity contribution is 0.0933. The zero-order chi connectivity index (χ0) is 14.8. The number of hydrogen-bond acceptors (Lipinski definition) is 2. The minimum absolute atomic E-state index is 0.0115. The fraction of sp³-hybridized carbons (Fsp3) is 0.278. The summed E-state index contributed by atoms with van der Waals surface area (Å²) in [7, 11) is 2.10. The highest BCUT2D eigenvalue weighted by Gasteiger charge is 2.24. The number of hydrogen-bond donors (Lipinski definition) is 1. The van der Waals surface area contributed by atoms with Crippen LogP contribution in [0.15, 0.2) is 48.5 Å². The summed E-state index contributed by atoms with van der Waals surface area (Å²) in [6.45, 7) is 2.92. The van der Waals surface area contributed by atoms with Gasteiger partial charge in [-0.2, -0.15) is 0 Å². The van der Waals surface area contributed by atoms with Crippen molar-refractivity contribution in [3.63, 3.8) is 0 Å². The molecular formula is C18H20N2O. The summed E-state index contributed by atoms with van der Waals surface area (Å²) >= 11 is 0. The molecule has 0 bridgehead atoms. The van der Waals surface area contributed by atoms with E-state index in [1.54, 1.807) is 0 Å². The number of nitrogens with one attached hydrogen (secondary N) is 1. The number of rotatable bonds is 2. The second kappa shape index (κ2) is 5.60. The highest BCUT2D eigenvalue weighted by molar-refractivity contribution is 5.96. The molecule has 1 aliphatic heterocycles. The Balaban J connectivity index is 1.85. The molecule has 0 saturated carbocycles. The van der Waals surface area contributed by atoms with Crippen LogP contribution >= 0.6 is 0 Å². The van der Waals surface area contributed by atoms with E-state index in [0.29, 0.717) is 0 Å². The molecule has 0 spiro atoms. The van der Waals surface area contributed by atoms with Crippen LogP contribution in [-0.2, 0) is 0 Å². The van der Waals surface area contributed by atoms with Gasteiger partial charge in [0.05, 0.1) is 6.04 Å². The number of anilines is 1. The summed E-state index contributed by atoms with van der Waals surface area (Å²) in [5.74, 6) is 0.0115. The van der Waals surface area contributed by atoms with Crippen molar-refractivity contribution in [3.8, 4) is 0 Å². The molecule has 1 N–H and O–H groups in total. The van der Waals surface area contributed by atoms with E-state index < -0.39 is 0 Å². The second-order valence-electron chi connectivity index (χ2n) is 5.61. The van der Waals surface area contributed by atoms with E-state index in [4.69, 9.17) is 0 Å². The van der Waals surface area contributed by atoms with Gasteiger partial charge in [-0.05, 0) is 36.6 Å². The fourth-order valence-electron chi connectivity index (χ4n) is 2.94. The monoisotopic (exact) mass is 280 g/mol. The van der Waals surface area contributed by atoms with Crippen molar-refractivity contribution in [3.05, 3.63) is 65.2 Å². The molecule has 2 aromatic carbocycles. The molecular weight excluding hydrogens is 260 g/mol. The highest BCUT2D eigenvalue weighted by atomic mass is 16.1. The lowest BCUT2D eigenvalue weighted by Crippen LogP contribution is -2.36. The molecule has 0 saturated heterocycles. The summed E-state index contributed by atoms with van der Waals surface area (Å²) in [6, 6.07) is 16.1. The van der Waals surface area contributed by atoms with Crippen molar-refractivity contribution in [2.75, 3.05) is 18.5 Å². The summed E-state index contributed by atoms with van der Waals surface area (Å²) < 4.78 is 0. The predicted octanol–water partition coefficient (Wildman–Crippen LogP) is 3.31. The van der Waals surface area contributed by atoms with Gasteiger partial charge >= 0.3 is 0 Å². The molecule has 3 nitrogen and oxygen atoms in total. The van der Waals surface area contributed by atoms with E-state index in [-0.39, 0.29) is 11.9 Å². The maximum Gasteiger partial charge on any atom is 0.252 e. The molecule has 0 aliphatic carbocycles. The van der Waals surface area contributed by atoms with Gasteiger partial charge in [0.2, 0.25) is 0 Å². The van der Waals surface area contributed by atoms with Crippen LogP contribution in [0.4, 0.5) is 5.69 Å². The van der Waals surface area contributed by atoms with Gasteiger partial charge in [0.15, 0.2) is 0 Å². The van der Waals surface area contributed by atoms with Crippen LogP contribution < -0.4 is 10.2 Å². The minimum atomic E-state index is 0.0115. The quantitative estimate of drug-likeness (QED) is 0.915. The third-order valence-corrected chi connectivity index (χ3v) is 4.17. The van der Waals surface area contributed by atoms with Crippen LogP contribution in [0.25, 0.3) is 0 Å². The number of nitrogens with zero attached hydrogens (tertiary/aromatic N) is 1. The Kier molecular flexibility index (Phi) is 3.65. The third kappa shape index (κ3) is 2.64. The van der Waals surface area contributed by atoms with E-state index in [0.717, 1.165) is 24.1 Å². The maximum atomic E-state index is 12.5. The number of aryl methyl sites for hydroxylation is 1. The zero-order valence-electron chi connectivity index (χ0n) is 12.5. The van der Waals surface area contributed by atoms with Gasteiger partial charge in [-0.15, -0.1) is 0 Å². The van der Waals surface area contributed by atoms with Crippen molar-refractivity contribution in [2.45, 2.75) is 19.4 Å². The van der Waals surface area contributed by atoms with Crippen molar-refractivity contribution in [2.24, 2.45) is 0 Å². The molecule has 0 fully saturated rings. The largest absolute Gasteiger partial charge is 0.374 e. The first-order valence-electron chi connectivity index (χ1n) is 7.33. The number of amides is 1. The Hall–Kier alpha value is -2.29. The van der Waals surface area contributed by atoms with Gasteiger partial charge in [0.25, 0.3) is 5.91 Å². The molecule has 108 valence electrons. The standard InChI is InChI=1S/C18H20N2O/c1-13-7-3-4-8-14(13)18(21)19-16-11-12-20(2)17-10-6-5-9-15(16)17/h3-10,16H,11-12H2,1-2H3,(H,19,21). The molecule has 3 heteroatoms. The van der Waals surface area contributed by atoms with E-state index in [1.807, 2.05) is 43.3 Å². The minimum Gasteiger partial charge on any atom is -0.374 e. The number of carbonyl (C=O) groups excluding carboxylic acids is 1. The first kappa shape index (κ1) is 13.7. The van der Waals surface area contributed by atoms with Gasteiger partial charge in [0.1, 0.15) is 0 Å². The molecule has 1 aliphatic rings. The van der Waals surface area contributed by atoms with Gasteiger partial charge in [-0.1, -0.05) is 36.4 Å². The highest BCUT2D eigenvalue weighted by Crippen LogP contribution is 2.32. The average Bonchev–Trinajstić information content (AvgIpc) is 2.51. The molecule has 1 heterocycles. The van der Waals surface area contributed by atoms with Crippen molar-refractivity contribution < 1.29 is 4.79 Å². The van der Waals surface area contributed by atoms with Crippen LogP contribution in [0, 0.1) is 6.92 Å². The smallest absolute Gasteiger partial charge is 0.252 e. The van der Waals surface area contributed by atoms with Crippen molar-refractivity contribution in [1.29, 1.82) is 0 Å². The van der Waals surface area contributed by atoms with Gasteiger partial charge in [-0.25, -0.2) is 0 Å². The Morgan fingerprint density at radius 1 is 1.14 bits per heavy atom. The van der Waals surface area contributed by atoms with Crippen LogP contribution in [0.1, 0.15) is 33.9 Å². The average molecular weight is 280 g/mol. The lowest BCUT2D eigenvalue weighted by atomic mass is 9.96. The normalized spacial score (nSPS) is 17.2. The molecule has 3 rings (SSSR count). The van der Waals surface area contributed by atoms with Crippen LogP contribution in [0.3, 0.4) is 0 Å².